The van der Waals surface area contributed by atoms with E-state index in [1.54, 1.807) is 0 Å². The van der Waals surface area contributed by atoms with Crippen LogP contribution in [0.4, 0.5) is 0 Å². The van der Waals surface area contributed by atoms with Crippen molar-refractivity contribution in [3.63, 3.8) is 0 Å². The molecule has 0 aliphatic rings. The summed E-state index contributed by atoms with van der Waals surface area (Å²) in [6.07, 6.45) is 6.44. The average Bonchev–Trinajstić information content (AvgIpc) is 2.18. The SMILES string of the molecule is CCCN(C)CC(CS)(CCC)CCC. The number of hydrogen-bond donors (Lipinski definition) is 1. The van der Waals surface area contributed by atoms with E-state index >= 15 is 0 Å². The Kier molecular flexibility index (Phi) is 8.64. The molecule has 0 fully saturated rings. The summed E-state index contributed by atoms with van der Waals surface area (Å²) >= 11 is 4.59. The first-order valence-corrected chi connectivity index (χ1v) is 7.06. The summed E-state index contributed by atoms with van der Waals surface area (Å²) < 4.78 is 0. The van der Waals surface area contributed by atoms with E-state index in [1.165, 1.54) is 45.2 Å². The van der Waals surface area contributed by atoms with Gasteiger partial charge in [-0.05, 0) is 44.0 Å². The Hall–Kier alpha value is 0.310. The highest BCUT2D eigenvalue weighted by Crippen LogP contribution is 2.32. The molecule has 0 aromatic rings. The second-order valence-corrected chi connectivity index (χ2v) is 5.21. The van der Waals surface area contributed by atoms with E-state index in [1.807, 2.05) is 0 Å². The van der Waals surface area contributed by atoms with Gasteiger partial charge in [0.05, 0.1) is 0 Å². The molecule has 0 atom stereocenters. The van der Waals surface area contributed by atoms with Gasteiger partial charge in [0.15, 0.2) is 0 Å². The third kappa shape index (κ3) is 5.82. The molecule has 92 valence electrons. The zero-order valence-electron chi connectivity index (χ0n) is 11.1. The Morgan fingerprint density at radius 3 is 1.87 bits per heavy atom. The molecule has 0 unspecified atom stereocenters. The lowest BCUT2D eigenvalue weighted by Gasteiger charge is -2.36. The molecule has 15 heavy (non-hydrogen) atoms. The van der Waals surface area contributed by atoms with Crippen LogP contribution < -0.4 is 0 Å². The molecule has 0 rings (SSSR count). The van der Waals surface area contributed by atoms with E-state index in [0.717, 1.165) is 5.75 Å². The van der Waals surface area contributed by atoms with Crippen LogP contribution in [0.5, 0.6) is 0 Å². The highest BCUT2D eigenvalue weighted by molar-refractivity contribution is 7.80. The maximum atomic E-state index is 4.59. The summed E-state index contributed by atoms with van der Waals surface area (Å²) in [6.45, 7) is 9.24. The summed E-state index contributed by atoms with van der Waals surface area (Å²) in [5, 5.41) is 0. The fraction of sp³-hybridized carbons (Fsp3) is 1.00. The summed E-state index contributed by atoms with van der Waals surface area (Å²) in [5.74, 6) is 1.03. The van der Waals surface area contributed by atoms with Crippen molar-refractivity contribution in [3.8, 4) is 0 Å². The fourth-order valence-corrected chi connectivity index (χ4v) is 3.00. The second kappa shape index (κ2) is 8.46. The molecule has 0 spiro atoms. The quantitative estimate of drug-likeness (QED) is 0.590. The highest BCUT2D eigenvalue weighted by Gasteiger charge is 2.27. The second-order valence-electron chi connectivity index (χ2n) is 4.90. The van der Waals surface area contributed by atoms with Crippen molar-refractivity contribution >= 4 is 12.6 Å². The van der Waals surface area contributed by atoms with Crippen LogP contribution in [-0.2, 0) is 0 Å². The molecular formula is C13H29NS. The zero-order chi connectivity index (χ0) is 11.7. The molecule has 1 nitrogen and oxygen atoms in total. The van der Waals surface area contributed by atoms with Crippen LogP contribution in [0.3, 0.4) is 0 Å². The molecule has 0 aliphatic carbocycles. The van der Waals surface area contributed by atoms with Crippen LogP contribution in [0.2, 0.25) is 0 Å². The topological polar surface area (TPSA) is 3.24 Å². The largest absolute Gasteiger partial charge is 0.306 e. The third-order valence-electron chi connectivity index (χ3n) is 3.11. The molecule has 0 aromatic heterocycles. The van der Waals surface area contributed by atoms with E-state index in [4.69, 9.17) is 0 Å². The molecule has 0 radical (unpaired) electrons. The van der Waals surface area contributed by atoms with Gasteiger partial charge in [0, 0.05) is 6.54 Å². The van der Waals surface area contributed by atoms with Gasteiger partial charge in [0.1, 0.15) is 0 Å². The van der Waals surface area contributed by atoms with Crippen molar-refractivity contribution in [2.75, 3.05) is 25.9 Å². The van der Waals surface area contributed by atoms with Crippen molar-refractivity contribution in [1.29, 1.82) is 0 Å². The molecule has 0 amide bonds. The molecule has 0 aliphatic heterocycles. The van der Waals surface area contributed by atoms with Gasteiger partial charge in [-0.3, -0.25) is 0 Å². The van der Waals surface area contributed by atoms with E-state index in [2.05, 4.69) is 45.3 Å². The van der Waals surface area contributed by atoms with Gasteiger partial charge in [-0.25, -0.2) is 0 Å². The van der Waals surface area contributed by atoms with E-state index < -0.39 is 0 Å². The van der Waals surface area contributed by atoms with Crippen molar-refractivity contribution in [2.24, 2.45) is 5.41 Å². The van der Waals surface area contributed by atoms with Crippen LogP contribution >= 0.6 is 12.6 Å². The first kappa shape index (κ1) is 15.3. The minimum atomic E-state index is 0.455. The first-order valence-electron chi connectivity index (χ1n) is 6.43. The zero-order valence-corrected chi connectivity index (χ0v) is 11.9. The van der Waals surface area contributed by atoms with Gasteiger partial charge in [0.25, 0.3) is 0 Å². The third-order valence-corrected chi connectivity index (χ3v) is 3.78. The summed E-state index contributed by atoms with van der Waals surface area (Å²) in [5.41, 5.74) is 0.455. The number of nitrogens with zero attached hydrogens (tertiary/aromatic N) is 1. The lowest BCUT2D eigenvalue weighted by molar-refractivity contribution is 0.170. The Bertz CT molecular complexity index is 141. The molecule has 0 saturated carbocycles. The summed E-state index contributed by atoms with van der Waals surface area (Å²) in [6, 6.07) is 0. The van der Waals surface area contributed by atoms with Crippen molar-refractivity contribution in [3.05, 3.63) is 0 Å². The van der Waals surface area contributed by atoms with Gasteiger partial charge >= 0.3 is 0 Å². The molecular weight excluding hydrogens is 202 g/mol. The smallest absolute Gasteiger partial charge is 0.00427 e. The van der Waals surface area contributed by atoms with E-state index in [0.29, 0.717) is 5.41 Å². The fourth-order valence-electron chi connectivity index (χ4n) is 2.59. The number of hydrogen-bond acceptors (Lipinski definition) is 2. The predicted octanol–water partition coefficient (Wildman–Crippen LogP) is 3.84. The normalized spacial score (nSPS) is 12.4. The van der Waals surface area contributed by atoms with Crippen LogP contribution in [0.15, 0.2) is 0 Å². The summed E-state index contributed by atoms with van der Waals surface area (Å²) in [4.78, 5) is 2.47. The van der Waals surface area contributed by atoms with Gasteiger partial charge in [-0.1, -0.05) is 33.6 Å². The number of rotatable bonds is 9. The maximum Gasteiger partial charge on any atom is 0.00427 e. The van der Waals surface area contributed by atoms with Crippen LogP contribution in [-0.4, -0.2) is 30.8 Å². The molecule has 2 heteroatoms. The highest BCUT2D eigenvalue weighted by atomic mass is 32.1. The monoisotopic (exact) mass is 231 g/mol. The van der Waals surface area contributed by atoms with Crippen LogP contribution in [0, 0.1) is 5.41 Å². The Morgan fingerprint density at radius 1 is 1.00 bits per heavy atom. The predicted molar refractivity (Wildman–Crippen MR) is 73.9 cm³/mol. The maximum absolute atomic E-state index is 4.59. The Balaban J connectivity index is 4.31. The first-order chi connectivity index (χ1) is 7.14. The average molecular weight is 231 g/mol. The van der Waals surface area contributed by atoms with Crippen molar-refractivity contribution in [2.45, 2.75) is 52.9 Å². The lowest BCUT2D eigenvalue weighted by atomic mass is 9.80. The Morgan fingerprint density at radius 2 is 1.53 bits per heavy atom. The van der Waals surface area contributed by atoms with Gasteiger partial charge in [0.2, 0.25) is 0 Å². The van der Waals surface area contributed by atoms with Gasteiger partial charge in [-0.15, -0.1) is 0 Å². The standard InChI is InChI=1S/C13H29NS/c1-5-8-13(12-15,9-6-2)11-14(4)10-7-3/h15H,5-12H2,1-4H3. The lowest BCUT2D eigenvalue weighted by Crippen LogP contribution is -2.37. The van der Waals surface area contributed by atoms with Crippen LogP contribution in [0.25, 0.3) is 0 Å². The van der Waals surface area contributed by atoms with Gasteiger partial charge in [-0.2, -0.15) is 12.6 Å². The number of thiol groups is 1. The van der Waals surface area contributed by atoms with E-state index in [9.17, 15) is 0 Å². The van der Waals surface area contributed by atoms with Crippen LogP contribution in [0.1, 0.15) is 52.9 Å². The summed E-state index contributed by atoms with van der Waals surface area (Å²) in [7, 11) is 2.24. The van der Waals surface area contributed by atoms with Crippen molar-refractivity contribution in [1.82, 2.24) is 4.90 Å². The van der Waals surface area contributed by atoms with Gasteiger partial charge < -0.3 is 4.90 Å². The molecule has 0 saturated heterocycles. The molecule has 0 aromatic carbocycles. The Labute approximate surface area is 102 Å². The minimum absolute atomic E-state index is 0.455. The molecule has 0 heterocycles. The molecule has 0 bridgehead atoms. The van der Waals surface area contributed by atoms with E-state index in [-0.39, 0.29) is 0 Å². The minimum Gasteiger partial charge on any atom is -0.306 e. The van der Waals surface area contributed by atoms with Crippen molar-refractivity contribution < 1.29 is 0 Å². The molecule has 0 N–H and O–H groups in total.